The Morgan fingerprint density at radius 3 is 2.26 bits per heavy atom. The van der Waals surface area contributed by atoms with Crippen molar-refractivity contribution in [2.24, 2.45) is 0 Å². The lowest BCUT2D eigenvalue weighted by Gasteiger charge is -2.26. The molecule has 1 unspecified atom stereocenters. The van der Waals surface area contributed by atoms with Gasteiger partial charge in [-0.2, -0.15) is 13.2 Å². The van der Waals surface area contributed by atoms with Crippen LogP contribution in [0.3, 0.4) is 0 Å². The molecule has 1 aliphatic carbocycles. The lowest BCUT2D eigenvalue weighted by atomic mass is 9.88. The van der Waals surface area contributed by atoms with E-state index in [4.69, 9.17) is 0 Å². The zero-order valence-corrected chi connectivity index (χ0v) is 21.0. The van der Waals surface area contributed by atoms with Crippen molar-refractivity contribution in [3.63, 3.8) is 0 Å². The van der Waals surface area contributed by atoms with Crippen LogP contribution in [0.15, 0.2) is 72.3 Å². The van der Waals surface area contributed by atoms with Crippen LogP contribution in [0.1, 0.15) is 46.7 Å². The van der Waals surface area contributed by atoms with Crippen LogP contribution < -0.4 is 9.80 Å². The highest BCUT2D eigenvalue weighted by atomic mass is 19.4. The van der Waals surface area contributed by atoms with E-state index in [0.717, 1.165) is 54.0 Å². The van der Waals surface area contributed by atoms with Gasteiger partial charge in [-0.3, -0.25) is 14.5 Å². The van der Waals surface area contributed by atoms with Crippen LogP contribution in [0.4, 0.5) is 24.5 Å². The third kappa shape index (κ3) is 4.55. The van der Waals surface area contributed by atoms with Gasteiger partial charge in [0.25, 0.3) is 11.7 Å². The highest BCUT2D eigenvalue weighted by Crippen LogP contribution is 2.44. The molecule has 1 heterocycles. The van der Waals surface area contributed by atoms with Crippen molar-refractivity contribution in [3.8, 4) is 0 Å². The summed E-state index contributed by atoms with van der Waals surface area (Å²) in [7, 11) is 3.72. The molecule has 0 aromatic heterocycles. The number of fused-ring (bicyclic) bond motifs is 1. The summed E-state index contributed by atoms with van der Waals surface area (Å²) < 4.78 is 40.5. The van der Waals surface area contributed by atoms with Crippen molar-refractivity contribution in [1.82, 2.24) is 0 Å². The number of amides is 1. The van der Waals surface area contributed by atoms with Crippen molar-refractivity contribution in [3.05, 3.63) is 100 Å². The molecule has 5 rings (SSSR count). The number of carbonyl (C=O) groups is 2. The number of halogens is 3. The average Bonchev–Trinajstić information content (AvgIpc) is 3.17. The maximum atomic E-state index is 13.5. The Balaban J connectivity index is 1.69. The molecule has 0 spiro atoms. The molecule has 0 radical (unpaired) electrons. The van der Waals surface area contributed by atoms with Gasteiger partial charge in [-0.15, -0.1) is 0 Å². The predicted octanol–water partition coefficient (Wildman–Crippen LogP) is 6.28. The van der Waals surface area contributed by atoms with Crippen LogP contribution in [0.25, 0.3) is 5.76 Å². The monoisotopic (exact) mass is 520 g/mol. The average molecular weight is 521 g/mol. The quantitative estimate of drug-likeness (QED) is 0.250. The molecule has 5 nitrogen and oxygen atoms in total. The second-order valence-electron chi connectivity index (χ2n) is 9.89. The van der Waals surface area contributed by atoms with Crippen molar-refractivity contribution in [2.45, 2.75) is 37.9 Å². The summed E-state index contributed by atoms with van der Waals surface area (Å²) in [5.41, 5.74) is 2.86. The number of ketones is 1. The van der Waals surface area contributed by atoms with Gasteiger partial charge in [0.15, 0.2) is 0 Å². The van der Waals surface area contributed by atoms with E-state index in [1.165, 1.54) is 17.7 Å². The minimum absolute atomic E-state index is 0.0758. The Labute approximate surface area is 218 Å². The lowest BCUT2D eigenvalue weighted by molar-refractivity contribution is -0.137. The van der Waals surface area contributed by atoms with Gasteiger partial charge in [-0.25, -0.2) is 0 Å². The third-order valence-corrected chi connectivity index (χ3v) is 7.24. The zero-order chi connectivity index (χ0) is 27.2. The van der Waals surface area contributed by atoms with E-state index >= 15 is 0 Å². The number of aryl methyl sites for hydroxylation is 2. The van der Waals surface area contributed by atoms with E-state index in [9.17, 15) is 27.9 Å². The first kappa shape index (κ1) is 25.6. The van der Waals surface area contributed by atoms with Crippen molar-refractivity contribution in [2.75, 3.05) is 23.9 Å². The number of benzene rings is 3. The van der Waals surface area contributed by atoms with Gasteiger partial charge in [0.1, 0.15) is 5.76 Å². The smallest absolute Gasteiger partial charge is 0.416 e. The summed E-state index contributed by atoms with van der Waals surface area (Å²) in [6.45, 7) is 0. The number of Topliss-reactive ketones (excluding diaryl/α,β-unsaturated/α-hetero) is 1. The van der Waals surface area contributed by atoms with E-state index in [1.54, 1.807) is 30.3 Å². The topological polar surface area (TPSA) is 60.9 Å². The van der Waals surface area contributed by atoms with E-state index in [1.807, 2.05) is 31.1 Å². The Hall–Kier alpha value is -4.07. The van der Waals surface area contributed by atoms with E-state index in [0.29, 0.717) is 11.1 Å². The molecule has 0 saturated carbocycles. The van der Waals surface area contributed by atoms with Gasteiger partial charge >= 0.3 is 6.18 Å². The summed E-state index contributed by atoms with van der Waals surface area (Å²) in [5.74, 6) is -2.28. The fourth-order valence-corrected chi connectivity index (χ4v) is 5.24. The van der Waals surface area contributed by atoms with Gasteiger partial charge in [0, 0.05) is 31.0 Å². The van der Waals surface area contributed by atoms with Crippen molar-refractivity contribution >= 4 is 28.8 Å². The molecular formula is C30H27F3N2O3. The molecule has 1 atom stereocenters. The molecule has 1 aliphatic heterocycles. The summed E-state index contributed by atoms with van der Waals surface area (Å²) in [6, 6.07) is 15.7. The molecule has 1 amide bonds. The Bertz CT molecular complexity index is 1440. The maximum absolute atomic E-state index is 13.5. The second kappa shape index (κ2) is 9.67. The molecule has 3 aromatic rings. The summed E-state index contributed by atoms with van der Waals surface area (Å²) in [6.07, 6.45) is -0.729. The van der Waals surface area contributed by atoms with Gasteiger partial charge in [0.05, 0.1) is 17.2 Å². The number of anilines is 2. The number of aliphatic hydroxyl groups is 1. The minimum atomic E-state index is -4.63. The van der Waals surface area contributed by atoms with Gasteiger partial charge in [-0.1, -0.05) is 30.3 Å². The summed E-state index contributed by atoms with van der Waals surface area (Å²) in [4.78, 5) is 29.7. The van der Waals surface area contributed by atoms with Crippen LogP contribution in [0.2, 0.25) is 0 Å². The molecule has 196 valence electrons. The van der Waals surface area contributed by atoms with Gasteiger partial charge < -0.3 is 10.0 Å². The van der Waals surface area contributed by atoms with E-state index < -0.39 is 29.5 Å². The molecule has 1 fully saturated rings. The van der Waals surface area contributed by atoms with E-state index in [2.05, 4.69) is 0 Å². The number of hydrogen-bond donors (Lipinski definition) is 1. The first-order valence-corrected chi connectivity index (χ1v) is 12.4. The first-order chi connectivity index (χ1) is 18.1. The molecule has 1 saturated heterocycles. The number of carbonyl (C=O) groups excluding carboxylic acids is 2. The number of hydrogen-bond acceptors (Lipinski definition) is 4. The first-order valence-electron chi connectivity index (χ1n) is 12.4. The van der Waals surface area contributed by atoms with Crippen molar-refractivity contribution < 1.29 is 27.9 Å². The van der Waals surface area contributed by atoms with E-state index in [-0.39, 0.29) is 17.0 Å². The number of alkyl halides is 3. The molecule has 0 bridgehead atoms. The highest BCUT2D eigenvalue weighted by Gasteiger charge is 2.47. The number of rotatable bonds is 4. The molecule has 1 N–H and O–H groups in total. The number of nitrogens with zero attached hydrogens (tertiary/aromatic N) is 2. The third-order valence-electron chi connectivity index (χ3n) is 7.24. The fraction of sp³-hybridized carbons (Fsp3) is 0.267. The van der Waals surface area contributed by atoms with Crippen LogP contribution in [-0.2, 0) is 28.6 Å². The largest absolute Gasteiger partial charge is 0.507 e. The Kier molecular flexibility index (Phi) is 6.51. The lowest BCUT2D eigenvalue weighted by Crippen LogP contribution is -2.29. The molecular weight excluding hydrogens is 493 g/mol. The molecule has 8 heteroatoms. The standard InChI is InChI=1S/C30H27F3N2O3/c1-34(2)23-14-12-19(13-15-23)26-25(27(36)21-11-10-18-6-3-4-7-20(18)16-21)28(37)29(38)35(26)24-9-5-8-22(17-24)30(31,32)33/h5,8-17,26,36H,3-4,6-7H2,1-2H3/b27-25-. The van der Waals surface area contributed by atoms with Gasteiger partial charge in [0.2, 0.25) is 0 Å². The fourth-order valence-electron chi connectivity index (χ4n) is 5.24. The SMILES string of the molecule is CN(C)c1ccc(C2/C(=C(/O)c3ccc4c(c3)CCCC4)C(=O)C(=O)N2c2cccc(C(F)(F)F)c2)cc1. The van der Waals surface area contributed by atoms with Crippen LogP contribution in [-0.4, -0.2) is 30.9 Å². The molecule has 38 heavy (non-hydrogen) atoms. The maximum Gasteiger partial charge on any atom is 0.416 e. The summed E-state index contributed by atoms with van der Waals surface area (Å²) in [5, 5.41) is 11.4. The predicted molar refractivity (Wildman–Crippen MR) is 140 cm³/mol. The van der Waals surface area contributed by atoms with Crippen LogP contribution in [0, 0.1) is 0 Å². The highest BCUT2D eigenvalue weighted by molar-refractivity contribution is 6.51. The normalized spacial score (nSPS) is 19.0. The number of aliphatic hydroxyl groups excluding tert-OH is 1. The molecule has 3 aromatic carbocycles. The summed E-state index contributed by atoms with van der Waals surface area (Å²) >= 11 is 0. The van der Waals surface area contributed by atoms with Gasteiger partial charge in [-0.05, 0) is 78.8 Å². The second-order valence-corrected chi connectivity index (χ2v) is 9.89. The van der Waals surface area contributed by atoms with Crippen LogP contribution >= 0.6 is 0 Å². The Morgan fingerprint density at radius 1 is 0.921 bits per heavy atom. The van der Waals surface area contributed by atoms with Crippen molar-refractivity contribution in [1.29, 1.82) is 0 Å². The minimum Gasteiger partial charge on any atom is -0.507 e. The zero-order valence-electron chi connectivity index (χ0n) is 21.0. The van der Waals surface area contributed by atoms with Crippen LogP contribution in [0.5, 0.6) is 0 Å². The molecule has 2 aliphatic rings. The Morgan fingerprint density at radius 2 is 1.61 bits per heavy atom.